The number of nitrogens with one attached hydrogen (secondary N) is 1. The van der Waals surface area contributed by atoms with E-state index >= 15 is 0 Å². The summed E-state index contributed by atoms with van der Waals surface area (Å²) in [7, 11) is 0. The zero-order chi connectivity index (χ0) is 16.1. The van der Waals surface area contributed by atoms with Crippen LogP contribution >= 0.6 is 0 Å². The van der Waals surface area contributed by atoms with Crippen molar-refractivity contribution < 1.29 is 9.66 Å². The molecule has 0 bridgehead atoms. The Balaban J connectivity index is 1.87. The molecule has 0 aliphatic heterocycles. The van der Waals surface area contributed by atoms with Crippen molar-refractivity contribution in [2.45, 2.75) is 38.2 Å². The zero-order valence-corrected chi connectivity index (χ0v) is 12.5. The van der Waals surface area contributed by atoms with Gasteiger partial charge in [0.2, 0.25) is 5.82 Å². The van der Waals surface area contributed by atoms with Gasteiger partial charge in [0, 0.05) is 18.1 Å². The first-order valence-electron chi connectivity index (χ1n) is 7.57. The van der Waals surface area contributed by atoms with E-state index in [9.17, 15) is 10.1 Å². The molecule has 2 aromatic heterocycles. The third-order valence-electron chi connectivity index (χ3n) is 3.74. The number of ether oxygens (including phenoxy) is 1. The predicted molar refractivity (Wildman–Crippen MR) is 83.7 cm³/mol. The smallest absolute Gasteiger partial charge is 0.373 e. The van der Waals surface area contributed by atoms with Crippen LogP contribution in [0.4, 0.5) is 17.2 Å². The van der Waals surface area contributed by atoms with Crippen molar-refractivity contribution in [3.05, 3.63) is 41.0 Å². The van der Waals surface area contributed by atoms with Crippen molar-refractivity contribution in [3.63, 3.8) is 0 Å². The number of pyridine rings is 1. The SMILES string of the molecule is O=[N+]([O-])c1c(Nc2ccncc2)ncnc1OC1CCCCC1. The molecule has 1 N–H and O–H groups in total. The van der Waals surface area contributed by atoms with Gasteiger partial charge in [-0.2, -0.15) is 4.98 Å². The molecule has 23 heavy (non-hydrogen) atoms. The Hall–Kier alpha value is -2.77. The second-order valence-electron chi connectivity index (χ2n) is 5.37. The molecule has 2 aromatic rings. The highest BCUT2D eigenvalue weighted by atomic mass is 16.6. The van der Waals surface area contributed by atoms with Crippen LogP contribution < -0.4 is 10.1 Å². The minimum Gasteiger partial charge on any atom is -0.469 e. The van der Waals surface area contributed by atoms with E-state index in [4.69, 9.17) is 4.74 Å². The Kier molecular flexibility index (Phi) is 4.60. The molecular weight excluding hydrogens is 298 g/mol. The number of aromatic nitrogens is 3. The van der Waals surface area contributed by atoms with Crippen LogP contribution in [0.15, 0.2) is 30.9 Å². The third-order valence-corrected chi connectivity index (χ3v) is 3.74. The van der Waals surface area contributed by atoms with Crippen molar-refractivity contribution >= 4 is 17.2 Å². The lowest BCUT2D eigenvalue weighted by molar-refractivity contribution is -0.385. The van der Waals surface area contributed by atoms with Crippen LogP contribution in [-0.4, -0.2) is 26.0 Å². The highest BCUT2D eigenvalue weighted by Crippen LogP contribution is 2.34. The first-order valence-corrected chi connectivity index (χ1v) is 7.57. The van der Waals surface area contributed by atoms with Gasteiger partial charge < -0.3 is 10.1 Å². The molecule has 0 radical (unpaired) electrons. The van der Waals surface area contributed by atoms with Gasteiger partial charge in [0.15, 0.2) is 0 Å². The molecule has 120 valence electrons. The van der Waals surface area contributed by atoms with Crippen molar-refractivity contribution in [2.24, 2.45) is 0 Å². The maximum atomic E-state index is 11.5. The Morgan fingerprint density at radius 2 is 1.91 bits per heavy atom. The lowest BCUT2D eigenvalue weighted by Gasteiger charge is -2.22. The van der Waals surface area contributed by atoms with Crippen molar-refractivity contribution in [3.8, 4) is 5.88 Å². The molecular formula is C15H17N5O3. The van der Waals surface area contributed by atoms with Crippen molar-refractivity contribution in [1.82, 2.24) is 15.0 Å². The molecule has 2 heterocycles. The van der Waals surface area contributed by atoms with E-state index in [-0.39, 0.29) is 23.5 Å². The topological polar surface area (TPSA) is 103 Å². The van der Waals surface area contributed by atoms with E-state index in [0.29, 0.717) is 5.69 Å². The molecule has 0 unspecified atom stereocenters. The van der Waals surface area contributed by atoms with Gasteiger partial charge in [-0.15, -0.1) is 0 Å². The predicted octanol–water partition coefficient (Wildman–Crippen LogP) is 3.23. The van der Waals surface area contributed by atoms with Gasteiger partial charge in [0.25, 0.3) is 5.88 Å². The first-order chi connectivity index (χ1) is 11.2. The summed E-state index contributed by atoms with van der Waals surface area (Å²) in [4.78, 5) is 22.8. The van der Waals surface area contributed by atoms with Gasteiger partial charge in [0.05, 0.1) is 4.92 Å². The summed E-state index contributed by atoms with van der Waals surface area (Å²) in [5.41, 5.74) is 0.417. The van der Waals surface area contributed by atoms with Crippen LogP contribution in [0.2, 0.25) is 0 Å². The molecule has 3 rings (SSSR count). The standard InChI is InChI=1S/C15H17N5O3/c21-20(22)13-14(19-11-6-8-16-9-7-11)17-10-18-15(13)23-12-4-2-1-3-5-12/h6-10,12H,1-5H2,(H,16,17,18,19). The van der Waals surface area contributed by atoms with E-state index in [2.05, 4.69) is 20.3 Å². The highest BCUT2D eigenvalue weighted by Gasteiger charge is 2.27. The minimum atomic E-state index is -0.512. The van der Waals surface area contributed by atoms with Gasteiger partial charge in [-0.25, -0.2) is 4.98 Å². The molecule has 0 amide bonds. The highest BCUT2D eigenvalue weighted by molar-refractivity contribution is 5.68. The Bertz CT molecular complexity index is 674. The molecule has 1 saturated carbocycles. The molecule has 0 spiro atoms. The monoisotopic (exact) mass is 315 g/mol. The number of rotatable bonds is 5. The molecule has 0 aromatic carbocycles. The van der Waals surface area contributed by atoms with E-state index in [1.807, 2.05) is 0 Å². The normalized spacial score (nSPS) is 15.1. The number of hydrogen-bond acceptors (Lipinski definition) is 7. The fourth-order valence-electron chi connectivity index (χ4n) is 2.62. The molecule has 8 heteroatoms. The summed E-state index contributed by atoms with van der Waals surface area (Å²) in [6.45, 7) is 0. The second-order valence-corrected chi connectivity index (χ2v) is 5.37. The Labute approximate surface area is 133 Å². The largest absolute Gasteiger partial charge is 0.469 e. The number of nitrogens with zero attached hydrogens (tertiary/aromatic N) is 4. The van der Waals surface area contributed by atoms with Crippen LogP contribution in [0, 0.1) is 10.1 Å². The fourth-order valence-corrected chi connectivity index (χ4v) is 2.62. The third kappa shape index (κ3) is 3.71. The average molecular weight is 315 g/mol. The van der Waals surface area contributed by atoms with Gasteiger partial charge in [-0.05, 0) is 37.8 Å². The van der Waals surface area contributed by atoms with Gasteiger partial charge in [-0.1, -0.05) is 6.42 Å². The Morgan fingerprint density at radius 3 is 2.61 bits per heavy atom. The molecule has 1 fully saturated rings. The first kappa shape index (κ1) is 15.1. The quantitative estimate of drug-likeness (QED) is 0.667. The van der Waals surface area contributed by atoms with Crippen molar-refractivity contribution in [1.29, 1.82) is 0 Å². The van der Waals surface area contributed by atoms with Gasteiger partial charge in [-0.3, -0.25) is 15.1 Å². The maximum absolute atomic E-state index is 11.5. The van der Waals surface area contributed by atoms with Crippen LogP contribution in [-0.2, 0) is 0 Å². The van der Waals surface area contributed by atoms with Crippen LogP contribution in [0.5, 0.6) is 5.88 Å². The van der Waals surface area contributed by atoms with Crippen molar-refractivity contribution in [2.75, 3.05) is 5.32 Å². The lowest BCUT2D eigenvalue weighted by Crippen LogP contribution is -2.21. The summed E-state index contributed by atoms with van der Waals surface area (Å²) in [6, 6.07) is 3.40. The van der Waals surface area contributed by atoms with E-state index < -0.39 is 4.92 Å². The fraction of sp³-hybridized carbons (Fsp3) is 0.400. The van der Waals surface area contributed by atoms with Crippen LogP contribution in [0.25, 0.3) is 0 Å². The van der Waals surface area contributed by atoms with Crippen LogP contribution in [0.3, 0.4) is 0 Å². The second kappa shape index (κ2) is 6.99. The van der Waals surface area contributed by atoms with E-state index in [0.717, 1.165) is 25.7 Å². The Morgan fingerprint density at radius 1 is 1.17 bits per heavy atom. The number of hydrogen-bond donors (Lipinski definition) is 1. The molecule has 1 aliphatic carbocycles. The summed E-state index contributed by atoms with van der Waals surface area (Å²) in [5, 5.41) is 14.4. The summed E-state index contributed by atoms with van der Waals surface area (Å²) < 4.78 is 5.78. The average Bonchev–Trinajstić information content (AvgIpc) is 2.56. The maximum Gasteiger partial charge on any atom is 0.373 e. The summed E-state index contributed by atoms with van der Waals surface area (Å²) in [6.07, 6.45) is 9.56. The lowest BCUT2D eigenvalue weighted by atomic mass is 9.98. The molecule has 0 saturated heterocycles. The number of nitro groups is 1. The van der Waals surface area contributed by atoms with E-state index in [1.54, 1.807) is 24.5 Å². The van der Waals surface area contributed by atoms with Crippen LogP contribution in [0.1, 0.15) is 32.1 Å². The minimum absolute atomic E-state index is 0.0217. The molecule has 1 aliphatic rings. The molecule has 0 atom stereocenters. The van der Waals surface area contributed by atoms with Gasteiger partial charge in [0.1, 0.15) is 12.4 Å². The van der Waals surface area contributed by atoms with Gasteiger partial charge >= 0.3 is 5.69 Å². The van der Waals surface area contributed by atoms with E-state index in [1.165, 1.54) is 12.7 Å². The summed E-state index contributed by atoms with van der Waals surface area (Å²) >= 11 is 0. The zero-order valence-electron chi connectivity index (χ0n) is 12.5. The summed E-state index contributed by atoms with van der Waals surface area (Å²) in [5.74, 6) is 0.135. The molecule has 8 nitrogen and oxygen atoms in total. The number of anilines is 2.